The first kappa shape index (κ1) is 9.18. The van der Waals surface area contributed by atoms with Crippen LogP contribution in [0.15, 0.2) is 41.2 Å². The number of rotatable bonds is 4. The third-order valence-corrected chi connectivity index (χ3v) is 1.49. The Morgan fingerprint density at radius 3 is 2.77 bits per heavy atom. The van der Waals surface area contributed by atoms with Gasteiger partial charge < -0.3 is 5.73 Å². The highest BCUT2D eigenvalue weighted by molar-refractivity contribution is 5.83. The molecule has 0 saturated carbocycles. The minimum Gasteiger partial charge on any atom is -0.404 e. The molecule has 0 spiro atoms. The predicted octanol–water partition coefficient (Wildman–Crippen LogP) is 0.629. The molecule has 0 aliphatic carbocycles. The van der Waals surface area contributed by atoms with Gasteiger partial charge in [0.2, 0.25) is 0 Å². The summed E-state index contributed by atoms with van der Waals surface area (Å²) in [6.45, 7) is 3.64. The zero-order chi connectivity index (χ0) is 9.84. The summed E-state index contributed by atoms with van der Waals surface area (Å²) in [7, 11) is 0. The summed E-state index contributed by atoms with van der Waals surface area (Å²) < 4.78 is 0. The third kappa shape index (κ3) is 2.55. The van der Waals surface area contributed by atoms with Crippen LogP contribution in [0, 0.1) is 10.1 Å². The van der Waals surface area contributed by atoms with Gasteiger partial charge in [0.1, 0.15) is 6.04 Å². The summed E-state index contributed by atoms with van der Waals surface area (Å²) in [4.78, 5) is 13.7. The van der Waals surface area contributed by atoms with Gasteiger partial charge >= 0.3 is 0 Å². The van der Waals surface area contributed by atoms with E-state index in [2.05, 4.69) is 11.6 Å². The van der Waals surface area contributed by atoms with Crippen molar-refractivity contribution in [2.75, 3.05) is 0 Å². The summed E-state index contributed by atoms with van der Waals surface area (Å²) in [6, 6.07) is -0.0545. The van der Waals surface area contributed by atoms with Crippen molar-refractivity contribution in [1.29, 1.82) is 0 Å². The molecular weight excluding hydrogens is 170 g/mol. The summed E-state index contributed by atoms with van der Waals surface area (Å²) in [5, 5.41) is 10.4. The van der Waals surface area contributed by atoms with E-state index in [1.165, 1.54) is 12.2 Å². The van der Waals surface area contributed by atoms with Crippen molar-refractivity contribution < 1.29 is 4.92 Å². The lowest BCUT2D eigenvalue weighted by Crippen LogP contribution is -1.99. The minimum atomic E-state index is -0.517. The van der Waals surface area contributed by atoms with E-state index in [1.807, 2.05) is 0 Å². The van der Waals surface area contributed by atoms with Gasteiger partial charge in [-0.2, -0.15) is 0 Å². The van der Waals surface area contributed by atoms with E-state index in [0.717, 1.165) is 6.20 Å². The number of nitrogens with zero attached hydrogens (tertiary/aromatic N) is 2. The van der Waals surface area contributed by atoms with Gasteiger partial charge in [0.15, 0.2) is 0 Å². The van der Waals surface area contributed by atoms with Gasteiger partial charge in [-0.25, -0.2) is 0 Å². The summed E-state index contributed by atoms with van der Waals surface area (Å²) in [5.74, 6) is 0. The van der Waals surface area contributed by atoms with Crippen molar-refractivity contribution in [3.8, 4) is 0 Å². The van der Waals surface area contributed by atoms with Crippen LogP contribution in [-0.2, 0) is 0 Å². The Kier molecular flexibility index (Phi) is 2.59. The Bertz CT molecular complexity index is 322. The van der Waals surface area contributed by atoms with Crippen LogP contribution in [0.25, 0.3) is 0 Å². The maximum absolute atomic E-state index is 10.4. The van der Waals surface area contributed by atoms with Gasteiger partial charge in [0, 0.05) is 24.6 Å². The molecule has 1 heterocycles. The fourth-order valence-corrected chi connectivity index (χ4v) is 0.770. The molecule has 0 aromatic heterocycles. The van der Waals surface area contributed by atoms with Crippen LogP contribution in [0.4, 0.5) is 0 Å². The van der Waals surface area contributed by atoms with Crippen LogP contribution in [0.5, 0.6) is 0 Å². The Morgan fingerprint density at radius 2 is 2.38 bits per heavy atom. The molecule has 68 valence electrons. The summed E-state index contributed by atoms with van der Waals surface area (Å²) >= 11 is 0. The first-order valence-corrected chi connectivity index (χ1v) is 3.61. The fraction of sp³-hybridized carbons (Fsp3) is 0.125. The van der Waals surface area contributed by atoms with Crippen LogP contribution in [0.1, 0.15) is 0 Å². The molecule has 0 fully saturated rings. The number of allylic oxidation sites excluding steroid dienone is 1. The average molecular weight is 179 g/mol. The molecule has 13 heavy (non-hydrogen) atoms. The van der Waals surface area contributed by atoms with Crippen LogP contribution < -0.4 is 5.73 Å². The average Bonchev–Trinajstić information content (AvgIpc) is 2.85. The number of aliphatic imine (C=N–C) groups is 1. The van der Waals surface area contributed by atoms with E-state index < -0.39 is 4.92 Å². The molecule has 1 aliphatic rings. The van der Waals surface area contributed by atoms with Crippen molar-refractivity contribution >= 4 is 6.21 Å². The fourth-order valence-electron chi connectivity index (χ4n) is 0.770. The number of nitrogens with two attached hydrogens (primary N) is 1. The molecule has 1 atom stereocenters. The van der Waals surface area contributed by atoms with Gasteiger partial charge in [-0.15, -0.1) is 0 Å². The molecule has 0 saturated heterocycles. The first-order chi connectivity index (χ1) is 6.15. The maximum atomic E-state index is 10.4. The standard InChI is InChI=1S/C8H9N3O2/c1-6(8-5-10-8)4-7(2-3-9)11(12)13/h2-5,8H,1,9H2/b3-2-,7-4+. The van der Waals surface area contributed by atoms with Gasteiger partial charge in [-0.3, -0.25) is 15.1 Å². The summed E-state index contributed by atoms with van der Waals surface area (Å²) in [6.07, 6.45) is 5.37. The zero-order valence-corrected chi connectivity index (χ0v) is 6.88. The molecule has 0 aromatic carbocycles. The van der Waals surface area contributed by atoms with Gasteiger partial charge in [-0.05, 0) is 5.57 Å². The second-order valence-electron chi connectivity index (χ2n) is 2.50. The van der Waals surface area contributed by atoms with Crippen LogP contribution >= 0.6 is 0 Å². The van der Waals surface area contributed by atoms with Crippen LogP contribution in [0.3, 0.4) is 0 Å². The molecular formula is C8H9N3O2. The van der Waals surface area contributed by atoms with E-state index >= 15 is 0 Å². The molecule has 0 bridgehead atoms. The Balaban J connectivity index is 2.72. The molecule has 1 aliphatic heterocycles. The van der Waals surface area contributed by atoms with E-state index in [1.54, 1.807) is 6.21 Å². The smallest absolute Gasteiger partial charge is 0.271 e. The normalized spacial score (nSPS) is 20.6. The van der Waals surface area contributed by atoms with Gasteiger partial charge in [0.25, 0.3) is 5.70 Å². The Hall–Kier alpha value is -1.91. The van der Waals surface area contributed by atoms with E-state index in [4.69, 9.17) is 5.73 Å². The highest BCUT2D eigenvalue weighted by Crippen LogP contribution is 2.15. The monoisotopic (exact) mass is 179 g/mol. The molecule has 2 N–H and O–H groups in total. The topological polar surface area (TPSA) is 81.5 Å². The highest BCUT2D eigenvalue weighted by atomic mass is 16.6. The highest BCUT2D eigenvalue weighted by Gasteiger charge is 2.17. The van der Waals surface area contributed by atoms with Crippen LogP contribution in [0.2, 0.25) is 0 Å². The van der Waals surface area contributed by atoms with E-state index in [9.17, 15) is 10.1 Å². The number of hydrogen-bond donors (Lipinski definition) is 1. The lowest BCUT2D eigenvalue weighted by molar-refractivity contribution is -0.419. The SMILES string of the molecule is C=C(/C=C(\C=C/N)[N+](=O)[O-])C1C=N1. The van der Waals surface area contributed by atoms with Gasteiger partial charge in [-0.1, -0.05) is 6.58 Å². The largest absolute Gasteiger partial charge is 0.404 e. The molecule has 0 aromatic rings. The first-order valence-electron chi connectivity index (χ1n) is 3.61. The maximum Gasteiger partial charge on any atom is 0.271 e. The van der Waals surface area contributed by atoms with Gasteiger partial charge in [0.05, 0.1) is 4.92 Å². The summed E-state index contributed by atoms with van der Waals surface area (Å²) in [5.41, 5.74) is 5.57. The van der Waals surface area contributed by atoms with E-state index in [0.29, 0.717) is 5.57 Å². The Labute approximate surface area is 75.1 Å². The molecule has 5 heteroatoms. The zero-order valence-electron chi connectivity index (χ0n) is 6.88. The van der Waals surface area contributed by atoms with Crippen LogP contribution in [-0.4, -0.2) is 17.2 Å². The second kappa shape index (κ2) is 3.66. The Morgan fingerprint density at radius 1 is 1.77 bits per heavy atom. The van der Waals surface area contributed by atoms with Crippen molar-refractivity contribution in [2.45, 2.75) is 6.04 Å². The van der Waals surface area contributed by atoms with Crippen molar-refractivity contribution in [2.24, 2.45) is 10.7 Å². The van der Waals surface area contributed by atoms with Crippen molar-refractivity contribution in [1.82, 2.24) is 0 Å². The van der Waals surface area contributed by atoms with Crippen molar-refractivity contribution in [3.05, 3.63) is 46.3 Å². The lowest BCUT2D eigenvalue weighted by Gasteiger charge is -1.93. The number of hydrogen-bond acceptors (Lipinski definition) is 4. The molecule has 1 unspecified atom stereocenters. The quantitative estimate of drug-likeness (QED) is 0.390. The van der Waals surface area contributed by atoms with Crippen molar-refractivity contribution in [3.63, 3.8) is 0 Å². The number of nitro groups is 1. The minimum absolute atomic E-state index is 0.0545. The molecule has 1 rings (SSSR count). The lowest BCUT2D eigenvalue weighted by atomic mass is 10.2. The third-order valence-electron chi connectivity index (χ3n) is 1.49. The molecule has 0 radical (unpaired) electrons. The van der Waals surface area contributed by atoms with E-state index in [-0.39, 0.29) is 11.7 Å². The molecule has 0 amide bonds. The predicted molar refractivity (Wildman–Crippen MR) is 49.8 cm³/mol. The second-order valence-corrected chi connectivity index (χ2v) is 2.50. The molecule has 5 nitrogen and oxygen atoms in total.